The van der Waals surface area contributed by atoms with E-state index in [1.807, 2.05) is 0 Å². The first-order valence-corrected chi connectivity index (χ1v) is 11.1. The number of amides is 1. The fourth-order valence-corrected chi connectivity index (χ4v) is 4.86. The van der Waals surface area contributed by atoms with Gasteiger partial charge in [0.15, 0.2) is 11.6 Å². The van der Waals surface area contributed by atoms with Gasteiger partial charge in [-0.25, -0.2) is 13.2 Å². The number of carbonyl (C=O) groups is 1. The summed E-state index contributed by atoms with van der Waals surface area (Å²) in [4.78, 5) is 14.3. The molecule has 172 valence electrons. The second-order valence-electron chi connectivity index (χ2n) is 7.68. The van der Waals surface area contributed by atoms with E-state index in [0.29, 0.717) is 0 Å². The minimum atomic E-state index is -2.78. The van der Waals surface area contributed by atoms with E-state index in [4.69, 9.17) is 4.74 Å². The van der Waals surface area contributed by atoms with Crippen molar-refractivity contribution in [2.24, 2.45) is 0 Å². The minimum absolute atomic E-state index is 0.0372. The SMILES string of the molecule is O=C1CCOc2c(F)cccc2-c2cccc(c2F)CC2C(NSC(F)F)C(F)CCN12. The molecule has 2 heterocycles. The summed E-state index contributed by atoms with van der Waals surface area (Å²) < 4.78 is 78.3. The van der Waals surface area contributed by atoms with Crippen LogP contribution < -0.4 is 9.46 Å². The quantitative estimate of drug-likeness (QED) is 0.518. The molecule has 3 atom stereocenters. The molecule has 1 saturated heterocycles. The Kier molecular flexibility index (Phi) is 6.90. The maximum atomic E-state index is 15.5. The third-order valence-electron chi connectivity index (χ3n) is 5.79. The van der Waals surface area contributed by atoms with Gasteiger partial charge in [0.1, 0.15) is 12.0 Å². The van der Waals surface area contributed by atoms with Gasteiger partial charge < -0.3 is 9.64 Å². The zero-order chi connectivity index (χ0) is 22.8. The zero-order valence-electron chi connectivity index (χ0n) is 16.9. The Balaban J connectivity index is 1.79. The lowest BCUT2D eigenvalue weighted by Gasteiger charge is -2.43. The molecular weight excluding hydrogens is 451 g/mol. The highest BCUT2D eigenvalue weighted by Gasteiger charge is 2.41. The molecule has 2 aromatic rings. The number of nitrogens with zero attached hydrogens (tertiary/aromatic N) is 1. The second kappa shape index (κ2) is 9.66. The summed E-state index contributed by atoms with van der Waals surface area (Å²) in [6, 6.07) is 6.70. The molecule has 0 aliphatic carbocycles. The van der Waals surface area contributed by atoms with E-state index >= 15 is 4.39 Å². The van der Waals surface area contributed by atoms with Crippen molar-refractivity contribution in [1.82, 2.24) is 9.62 Å². The van der Waals surface area contributed by atoms with Crippen molar-refractivity contribution in [2.75, 3.05) is 13.2 Å². The molecule has 2 aliphatic rings. The number of benzene rings is 2. The summed E-state index contributed by atoms with van der Waals surface area (Å²) in [5.41, 5.74) is 0.475. The molecular formula is C22H21F5N2O2S. The van der Waals surface area contributed by atoms with Crippen LogP contribution in [0.3, 0.4) is 0 Å². The van der Waals surface area contributed by atoms with Gasteiger partial charge in [-0.3, -0.25) is 9.52 Å². The first-order valence-electron chi connectivity index (χ1n) is 10.2. The lowest BCUT2D eigenvalue weighted by Crippen LogP contribution is -2.60. The van der Waals surface area contributed by atoms with Gasteiger partial charge in [-0.1, -0.05) is 30.3 Å². The molecule has 4 rings (SSSR count). The van der Waals surface area contributed by atoms with Gasteiger partial charge in [-0.2, -0.15) is 8.78 Å². The summed E-state index contributed by atoms with van der Waals surface area (Å²) in [5.74, 6) is -4.66. The minimum Gasteiger partial charge on any atom is -0.489 e. The first-order chi connectivity index (χ1) is 15.4. The Morgan fingerprint density at radius 1 is 1.12 bits per heavy atom. The van der Waals surface area contributed by atoms with Crippen LogP contribution in [0.25, 0.3) is 11.1 Å². The number of carbonyl (C=O) groups excluding carboxylic acids is 1. The number of hydrogen-bond acceptors (Lipinski definition) is 4. The van der Waals surface area contributed by atoms with Gasteiger partial charge in [0.2, 0.25) is 5.91 Å². The van der Waals surface area contributed by atoms with Crippen LogP contribution >= 0.6 is 11.9 Å². The van der Waals surface area contributed by atoms with Gasteiger partial charge in [0, 0.05) is 17.7 Å². The van der Waals surface area contributed by atoms with Crippen molar-refractivity contribution in [2.45, 2.75) is 43.3 Å². The van der Waals surface area contributed by atoms with E-state index in [1.54, 1.807) is 6.07 Å². The molecule has 0 radical (unpaired) electrons. The van der Waals surface area contributed by atoms with Crippen LogP contribution in [0.1, 0.15) is 18.4 Å². The van der Waals surface area contributed by atoms with E-state index in [9.17, 15) is 22.4 Å². The summed E-state index contributed by atoms with van der Waals surface area (Å²) in [6.07, 6.45) is -1.73. The number of hydrogen-bond donors (Lipinski definition) is 1. The largest absolute Gasteiger partial charge is 0.489 e. The Hall–Kier alpha value is -2.33. The first kappa shape index (κ1) is 22.8. The van der Waals surface area contributed by atoms with Crippen molar-refractivity contribution < 1.29 is 31.5 Å². The van der Waals surface area contributed by atoms with Crippen LogP contribution in [-0.2, 0) is 11.2 Å². The smallest absolute Gasteiger partial charge is 0.297 e. The number of ether oxygens (including phenoxy) is 1. The number of alkyl halides is 3. The molecule has 1 amide bonds. The number of halogens is 5. The molecule has 4 nitrogen and oxygen atoms in total. The van der Waals surface area contributed by atoms with E-state index in [2.05, 4.69) is 4.72 Å². The van der Waals surface area contributed by atoms with Crippen molar-refractivity contribution in [3.05, 3.63) is 53.6 Å². The fourth-order valence-electron chi connectivity index (χ4n) is 4.29. The Labute approximate surface area is 186 Å². The highest BCUT2D eigenvalue weighted by molar-refractivity contribution is 7.97. The van der Waals surface area contributed by atoms with Gasteiger partial charge in [0.25, 0.3) is 5.76 Å². The Morgan fingerprint density at radius 2 is 1.88 bits per heavy atom. The Bertz CT molecular complexity index is 993. The molecule has 1 fully saturated rings. The molecule has 3 unspecified atom stereocenters. The number of rotatable bonds is 3. The molecule has 2 bridgehead atoms. The average Bonchev–Trinajstić information content (AvgIpc) is 2.75. The van der Waals surface area contributed by atoms with E-state index in [0.717, 1.165) is 0 Å². The summed E-state index contributed by atoms with van der Waals surface area (Å²) in [7, 11) is 0. The predicted octanol–water partition coefficient (Wildman–Crippen LogP) is 4.72. The van der Waals surface area contributed by atoms with Crippen LogP contribution in [-0.4, -0.2) is 48.0 Å². The predicted molar refractivity (Wildman–Crippen MR) is 111 cm³/mol. The van der Waals surface area contributed by atoms with Crippen molar-refractivity contribution in [1.29, 1.82) is 0 Å². The topological polar surface area (TPSA) is 41.6 Å². The molecule has 10 heteroatoms. The van der Waals surface area contributed by atoms with Gasteiger partial charge >= 0.3 is 0 Å². The standard InChI is InChI=1S/C22H21F5N2O2S/c23-15-7-9-29-17(20(15)28-32-22(26)27)11-12-3-1-4-13(19(12)25)14-5-2-6-16(24)21(14)31-10-8-18(29)30/h1-6,15,17,20,22,28H,7-11H2. The third kappa shape index (κ3) is 4.56. The molecule has 2 aliphatic heterocycles. The normalized spacial score (nSPS) is 23.6. The molecule has 0 spiro atoms. The maximum absolute atomic E-state index is 15.5. The van der Waals surface area contributed by atoms with Crippen LogP contribution in [0.5, 0.6) is 5.75 Å². The zero-order valence-corrected chi connectivity index (χ0v) is 17.7. The van der Waals surface area contributed by atoms with E-state index in [-0.39, 0.29) is 66.8 Å². The summed E-state index contributed by atoms with van der Waals surface area (Å²) in [6.45, 7) is -0.103. The van der Waals surface area contributed by atoms with Crippen LogP contribution in [0, 0.1) is 11.6 Å². The third-order valence-corrected chi connectivity index (χ3v) is 6.38. The number of piperidine rings is 1. The van der Waals surface area contributed by atoms with Crippen molar-refractivity contribution >= 4 is 17.9 Å². The summed E-state index contributed by atoms with van der Waals surface area (Å²) in [5, 5.41) is 0. The van der Waals surface area contributed by atoms with Gasteiger partial charge in [-0.15, -0.1) is 0 Å². The van der Waals surface area contributed by atoms with Crippen LogP contribution in [0.15, 0.2) is 36.4 Å². The van der Waals surface area contributed by atoms with Crippen LogP contribution in [0.2, 0.25) is 0 Å². The number of para-hydroxylation sites is 1. The summed E-state index contributed by atoms with van der Waals surface area (Å²) >= 11 is 0.0769. The van der Waals surface area contributed by atoms with Gasteiger partial charge in [0.05, 0.1) is 25.1 Å². The Morgan fingerprint density at radius 3 is 2.66 bits per heavy atom. The molecule has 32 heavy (non-hydrogen) atoms. The number of fused-ring (bicyclic) bond motifs is 5. The average molecular weight is 472 g/mol. The van der Waals surface area contributed by atoms with Crippen LogP contribution in [0.4, 0.5) is 22.0 Å². The molecule has 0 aromatic heterocycles. The highest BCUT2D eigenvalue weighted by Crippen LogP contribution is 2.37. The number of nitrogens with one attached hydrogen (secondary N) is 1. The van der Waals surface area contributed by atoms with Crippen molar-refractivity contribution in [3.63, 3.8) is 0 Å². The fraction of sp³-hybridized carbons (Fsp3) is 0.409. The molecule has 0 saturated carbocycles. The molecule has 2 aromatic carbocycles. The van der Waals surface area contributed by atoms with Gasteiger partial charge in [-0.05, 0) is 36.4 Å². The van der Waals surface area contributed by atoms with Crippen molar-refractivity contribution in [3.8, 4) is 16.9 Å². The van der Waals surface area contributed by atoms with E-state index in [1.165, 1.54) is 35.2 Å². The molecule has 1 N–H and O–H groups in total. The lowest BCUT2D eigenvalue weighted by molar-refractivity contribution is -0.137. The maximum Gasteiger partial charge on any atom is 0.297 e. The second-order valence-corrected chi connectivity index (χ2v) is 8.51. The highest BCUT2D eigenvalue weighted by atomic mass is 32.2. The monoisotopic (exact) mass is 472 g/mol. The lowest BCUT2D eigenvalue weighted by atomic mass is 9.88. The van der Waals surface area contributed by atoms with E-state index < -0.39 is 41.6 Å².